The molecule has 0 saturated carbocycles. The van der Waals surface area contributed by atoms with E-state index in [0.29, 0.717) is 19.8 Å². The van der Waals surface area contributed by atoms with Crippen LogP contribution in [0.3, 0.4) is 0 Å². The smallest absolute Gasteiger partial charge is 0.255 e. The summed E-state index contributed by atoms with van der Waals surface area (Å²) >= 11 is 0. The molecule has 1 atom stereocenters. The van der Waals surface area contributed by atoms with Crippen molar-refractivity contribution in [3.05, 3.63) is 29.8 Å². The highest BCUT2D eigenvalue weighted by molar-refractivity contribution is 7.89. The van der Waals surface area contributed by atoms with E-state index in [1.165, 1.54) is 24.3 Å². The van der Waals surface area contributed by atoms with Crippen molar-refractivity contribution in [3.8, 4) is 0 Å². The number of hydrogen-bond acceptors (Lipinski definition) is 4. The minimum absolute atomic E-state index is 0.0182. The molecule has 1 amide bonds. The number of sulfonamides is 1. The van der Waals surface area contributed by atoms with Crippen molar-refractivity contribution in [2.45, 2.75) is 24.2 Å². The van der Waals surface area contributed by atoms with Crippen molar-refractivity contribution in [2.75, 3.05) is 26.3 Å². The summed E-state index contributed by atoms with van der Waals surface area (Å²) in [6.07, 6.45) is -0.817. The second kappa shape index (κ2) is 8.50. The van der Waals surface area contributed by atoms with Gasteiger partial charge in [0.2, 0.25) is 10.0 Å². The first-order chi connectivity index (χ1) is 11.4. The Hall–Kier alpha value is -1.58. The Bertz CT molecular complexity index is 644. The summed E-state index contributed by atoms with van der Waals surface area (Å²) in [5, 5.41) is 2.06. The molecule has 1 aliphatic heterocycles. The maximum atomic E-state index is 12.2. The molecule has 2 N–H and O–H groups in total. The van der Waals surface area contributed by atoms with Crippen LogP contribution in [0, 0.1) is 5.92 Å². The predicted octanol–water partition coefficient (Wildman–Crippen LogP) is 1.39. The molecule has 24 heavy (non-hydrogen) atoms. The van der Waals surface area contributed by atoms with E-state index in [1.54, 1.807) is 0 Å². The van der Waals surface area contributed by atoms with Gasteiger partial charge in [0.25, 0.3) is 12.3 Å². The highest BCUT2D eigenvalue weighted by Gasteiger charge is 2.19. The average molecular weight is 362 g/mol. The summed E-state index contributed by atoms with van der Waals surface area (Å²) in [5.74, 6) is -0.528. The van der Waals surface area contributed by atoms with Crippen molar-refractivity contribution in [1.29, 1.82) is 0 Å². The van der Waals surface area contributed by atoms with Crippen molar-refractivity contribution in [1.82, 2.24) is 10.0 Å². The van der Waals surface area contributed by atoms with E-state index in [-0.39, 0.29) is 16.4 Å². The molecule has 1 aromatic rings. The third kappa shape index (κ3) is 5.50. The van der Waals surface area contributed by atoms with Gasteiger partial charge in [-0.3, -0.25) is 4.79 Å². The molecule has 1 aliphatic rings. The number of carbonyl (C=O) groups excluding carboxylic acids is 1. The number of ether oxygens (including phenoxy) is 1. The molecule has 0 aromatic heterocycles. The lowest BCUT2D eigenvalue weighted by atomic mass is 10.0. The second-order valence-electron chi connectivity index (χ2n) is 5.56. The van der Waals surface area contributed by atoms with Gasteiger partial charge in [0.05, 0.1) is 18.0 Å². The van der Waals surface area contributed by atoms with Crippen molar-refractivity contribution in [3.63, 3.8) is 0 Å². The van der Waals surface area contributed by atoms with Crippen LogP contribution in [-0.4, -0.2) is 47.1 Å². The lowest BCUT2D eigenvalue weighted by molar-refractivity contribution is 0.0568. The van der Waals surface area contributed by atoms with Crippen LogP contribution in [0.4, 0.5) is 8.78 Å². The van der Waals surface area contributed by atoms with Gasteiger partial charge in [0.1, 0.15) is 0 Å². The third-order valence-electron chi connectivity index (χ3n) is 3.66. The molecule has 0 aliphatic carbocycles. The largest absolute Gasteiger partial charge is 0.381 e. The Morgan fingerprint density at radius 3 is 2.58 bits per heavy atom. The van der Waals surface area contributed by atoms with Crippen LogP contribution in [0.25, 0.3) is 0 Å². The summed E-state index contributed by atoms with van der Waals surface area (Å²) in [4.78, 5) is 11.6. The fraction of sp³-hybridized carbons (Fsp3) is 0.533. The van der Waals surface area contributed by atoms with Crippen LogP contribution in [0.15, 0.2) is 29.2 Å². The van der Waals surface area contributed by atoms with E-state index in [1.807, 2.05) is 0 Å². The Labute approximate surface area is 139 Å². The van der Waals surface area contributed by atoms with Crippen LogP contribution in [0.2, 0.25) is 0 Å². The SMILES string of the molecule is O=C(NCC(F)F)c1ccc(S(=O)(=O)NC[C@H]2CCCOC2)cc1. The predicted molar refractivity (Wildman–Crippen MR) is 83.5 cm³/mol. The highest BCUT2D eigenvalue weighted by atomic mass is 32.2. The molecule has 1 heterocycles. The van der Waals surface area contributed by atoms with Gasteiger partial charge < -0.3 is 10.1 Å². The van der Waals surface area contributed by atoms with E-state index >= 15 is 0 Å². The molecular weight excluding hydrogens is 342 g/mol. The number of halogens is 2. The van der Waals surface area contributed by atoms with Gasteiger partial charge in [-0.2, -0.15) is 0 Å². The Morgan fingerprint density at radius 2 is 2.00 bits per heavy atom. The summed E-state index contributed by atoms with van der Waals surface area (Å²) < 4.78 is 56.4. The molecule has 134 valence electrons. The lowest BCUT2D eigenvalue weighted by Gasteiger charge is -2.22. The van der Waals surface area contributed by atoms with Gasteiger partial charge in [-0.05, 0) is 43.0 Å². The summed E-state index contributed by atoms with van der Waals surface area (Å²) in [7, 11) is -3.69. The molecule has 2 rings (SSSR count). The zero-order valence-electron chi connectivity index (χ0n) is 13.0. The molecule has 1 fully saturated rings. The first-order valence-electron chi connectivity index (χ1n) is 7.62. The Kier molecular flexibility index (Phi) is 6.64. The van der Waals surface area contributed by atoms with Gasteiger partial charge in [-0.15, -0.1) is 0 Å². The zero-order chi connectivity index (χ0) is 17.6. The molecule has 0 unspecified atom stereocenters. The van der Waals surface area contributed by atoms with Crippen LogP contribution >= 0.6 is 0 Å². The topological polar surface area (TPSA) is 84.5 Å². The summed E-state index contributed by atoms with van der Waals surface area (Å²) in [6, 6.07) is 5.13. The van der Waals surface area contributed by atoms with Gasteiger partial charge in [0, 0.05) is 18.7 Å². The molecule has 0 spiro atoms. The van der Waals surface area contributed by atoms with E-state index < -0.39 is 28.9 Å². The van der Waals surface area contributed by atoms with Crippen LogP contribution in [-0.2, 0) is 14.8 Å². The fourth-order valence-electron chi connectivity index (χ4n) is 2.34. The number of hydrogen-bond donors (Lipinski definition) is 2. The number of benzene rings is 1. The van der Waals surface area contributed by atoms with Crippen molar-refractivity contribution in [2.24, 2.45) is 5.92 Å². The molecule has 6 nitrogen and oxygen atoms in total. The van der Waals surface area contributed by atoms with Gasteiger partial charge >= 0.3 is 0 Å². The number of carbonyl (C=O) groups is 1. The van der Waals surface area contributed by atoms with Crippen LogP contribution in [0.5, 0.6) is 0 Å². The number of rotatable bonds is 7. The standard InChI is InChI=1S/C15H20F2N2O4S/c16-14(17)9-18-15(20)12-3-5-13(6-4-12)24(21,22)19-8-11-2-1-7-23-10-11/h3-6,11,14,19H,1-2,7-10H2,(H,18,20)/t11-/m1/s1. The minimum atomic E-state index is -3.69. The maximum Gasteiger partial charge on any atom is 0.255 e. The minimum Gasteiger partial charge on any atom is -0.381 e. The number of alkyl halides is 2. The van der Waals surface area contributed by atoms with E-state index in [2.05, 4.69) is 10.0 Å². The molecule has 0 bridgehead atoms. The van der Waals surface area contributed by atoms with E-state index in [9.17, 15) is 22.0 Å². The first kappa shape index (κ1) is 18.8. The van der Waals surface area contributed by atoms with Crippen LogP contribution < -0.4 is 10.0 Å². The summed E-state index contributed by atoms with van der Waals surface area (Å²) in [6.45, 7) is 0.785. The van der Waals surface area contributed by atoms with Gasteiger partial charge in [-0.25, -0.2) is 21.9 Å². The number of nitrogens with one attached hydrogen (secondary N) is 2. The maximum absolute atomic E-state index is 12.2. The third-order valence-corrected chi connectivity index (χ3v) is 5.10. The monoisotopic (exact) mass is 362 g/mol. The molecule has 9 heteroatoms. The molecule has 1 aromatic carbocycles. The first-order valence-corrected chi connectivity index (χ1v) is 9.10. The highest BCUT2D eigenvalue weighted by Crippen LogP contribution is 2.15. The van der Waals surface area contributed by atoms with E-state index in [4.69, 9.17) is 4.74 Å². The van der Waals surface area contributed by atoms with Crippen molar-refractivity contribution < 1.29 is 26.7 Å². The number of amides is 1. The lowest BCUT2D eigenvalue weighted by Crippen LogP contribution is -2.33. The van der Waals surface area contributed by atoms with Crippen molar-refractivity contribution >= 4 is 15.9 Å². The average Bonchev–Trinajstić information content (AvgIpc) is 2.59. The fourth-order valence-corrected chi connectivity index (χ4v) is 3.45. The molecule has 0 radical (unpaired) electrons. The molecule has 1 saturated heterocycles. The van der Waals surface area contributed by atoms with Gasteiger partial charge in [-0.1, -0.05) is 0 Å². The Balaban J connectivity index is 1.94. The molecular formula is C15H20F2N2O4S. The second-order valence-corrected chi connectivity index (χ2v) is 7.33. The normalized spacial score (nSPS) is 18.5. The van der Waals surface area contributed by atoms with Crippen LogP contribution in [0.1, 0.15) is 23.2 Å². The quantitative estimate of drug-likeness (QED) is 0.768. The van der Waals surface area contributed by atoms with Gasteiger partial charge in [0.15, 0.2) is 0 Å². The Morgan fingerprint density at radius 1 is 1.29 bits per heavy atom. The zero-order valence-corrected chi connectivity index (χ0v) is 13.8. The summed E-state index contributed by atoms with van der Waals surface area (Å²) in [5.41, 5.74) is 0.121. The van der Waals surface area contributed by atoms with E-state index in [0.717, 1.165) is 12.8 Å².